The molecular weight excluding hydrogens is 793 g/mol. The molecule has 0 saturated heterocycles. The fraction of sp³-hybridized carbons (Fsp3) is 0.171. The molecule has 304 valence electrons. The SMILES string of the molecule is C=CC(=O)Nc1ccc([N+](=O)[O-])cc1CCC(=S)CCc1ccnc2[nH]ccc12.C=CC(=O)Nc1ccc([N+](=O)[O-])cc1CN.S=C=NCc1ccnc2[nH]ccc12.[2H]C. The average Bonchev–Trinajstić information content (AvgIpc) is 3.97. The first-order valence-electron chi connectivity index (χ1n) is 18.5. The van der Waals surface area contributed by atoms with E-state index < -0.39 is 9.85 Å². The summed E-state index contributed by atoms with van der Waals surface area (Å²) in [5, 5.41) is 31.4. The minimum atomic E-state index is -0.516. The molecule has 4 heterocycles. The van der Waals surface area contributed by atoms with Gasteiger partial charge in [-0.15, -0.1) is 0 Å². The Morgan fingerprint density at radius 1 is 0.814 bits per heavy atom. The Morgan fingerprint density at radius 3 is 1.78 bits per heavy atom. The van der Waals surface area contributed by atoms with Gasteiger partial charge in [0, 0.05) is 79.1 Å². The number of aromatic amines is 2. The molecule has 2 amide bonds. The molecule has 0 aliphatic heterocycles. The minimum Gasteiger partial charge on any atom is -0.346 e. The topological polar surface area (TPSA) is 240 Å². The second kappa shape index (κ2) is 23.2. The van der Waals surface area contributed by atoms with Gasteiger partial charge in [0.2, 0.25) is 11.8 Å². The molecule has 0 fully saturated rings. The van der Waals surface area contributed by atoms with Gasteiger partial charge < -0.3 is 26.3 Å². The molecule has 18 heteroatoms. The van der Waals surface area contributed by atoms with E-state index in [0.29, 0.717) is 41.9 Å². The van der Waals surface area contributed by atoms with Crippen molar-refractivity contribution in [3.8, 4) is 0 Å². The van der Waals surface area contributed by atoms with E-state index in [9.17, 15) is 29.8 Å². The Balaban J connectivity index is 0.000000260. The van der Waals surface area contributed by atoms with Crippen LogP contribution in [0.15, 0.2) is 116 Å². The van der Waals surface area contributed by atoms with Gasteiger partial charge in [-0.2, -0.15) is 0 Å². The lowest BCUT2D eigenvalue weighted by atomic mass is 10.0. The Bertz CT molecular complexity index is 2530. The lowest BCUT2D eigenvalue weighted by Crippen LogP contribution is -2.11. The molecule has 16 nitrogen and oxygen atoms in total. The summed E-state index contributed by atoms with van der Waals surface area (Å²) in [7, 11) is 1.25. The first-order valence-corrected chi connectivity index (χ1v) is 18.3. The number of nitro benzene ring substituents is 2. The number of nitro groups is 2. The van der Waals surface area contributed by atoms with Crippen LogP contribution in [0.2, 0.25) is 0 Å². The number of aliphatic imine (C=N–C) groups is 1. The number of thiocarbonyl (C=S) groups is 2. The lowest BCUT2D eigenvalue weighted by Gasteiger charge is -2.11. The number of non-ortho nitro benzene ring substituents is 2. The number of isothiocyanates is 1. The minimum absolute atomic E-state index is 0.0193. The van der Waals surface area contributed by atoms with Crippen molar-refractivity contribution in [3.05, 3.63) is 153 Å². The zero-order valence-corrected chi connectivity index (χ0v) is 33.6. The molecule has 0 saturated carbocycles. The highest BCUT2D eigenvalue weighted by atomic mass is 32.1. The summed E-state index contributed by atoms with van der Waals surface area (Å²) in [5.41, 5.74) is 11.6. The number of anilines is 2. The molecule has 0 aliphatic rings. The van der Waals surface area contributed by atoms with Gasteiger partial charge in [-0.25, -0.2) is 15.0 Å². The second-order valence-electron chi connectivity index (χ2n) is 12.2. The predicted molar refractivity (Wildman–Crippen MR) is 239 cm³/mol. The standard InChI is InChI=1S/C21H20N4O3S.C10H11N3O3.C9H7N3S.CH4/c1-2-20(26)24-19-8-5-16(25(27)28)13-15(19)4-7-17(29)6-3-14-9-11-22-21-18(14)10-12-23-21;1-2-10(14)12-9-4-3-8(13(15)16)5-7(9)6-11;13-6-10-5-7-1-3-11-9-8(7)2-4-12-9;/h2,5,8-13H,1,3-4,6-7H2,(H,22,23)(H,24,26);2-5H,1,6,11H2,(H,12,14);1-4H,5H2,(H,11,12);1H4/i;;;1D. The number of carbonyl (C=O) groups excluding carboxylic acids is 2. The number of hydrogen-bond acceptors (Lipinski definition) is 12. The van der Waals surface area contributed by atoms with Gasteiger partial charge in [0.05, 0.1) is 21.6 Å². The number of nitrogens with two attached hydrogens (primary N) is 1. The number of nitrogens with zero attached hydrogens (tertiary/aromatic N) is 5. The van der Waals surface area contributed by atoms with Crippen LogP contribution >= 0.6 is 24.4 Å². The summed E-state index contributed by atoms with van der Waals surface area (Å²) >= 11 is 10.0. The molecular formula is C41H42N10O6S2. The highest BCUT2D eigenvalue weighted by Crippen LogP contribution is 2.25. The quantitative estimate of drug-likeness (QED) is 0.0216. The molecule has 6 aromatic rings. The van der Waals surface area contributed by atoms with E-state index in [-0.39, 0.29) is 29.7 Å². The van der Waals surface area contributed by atoms with Gasteiger partial charge in [-0.3, -0.25) is 29.8 Å². The molecule has 2 aromatic carbocycles. The second-order valence-corrected chi connectivity index (χ2v) is 12.9. The summed E-state index contributed by atoms with van der Waals surface area (Å²) in [6, 6.07) is 16.4. The summed E-state index contributed by atoms with van der Waals surface area (Å²) in [4.78, 5) is 62.7. The molecule has 0 atom stereocenters. The predicted octanol–water partition coefficient (Wildman–Crippen LogP) is 8.51. The molecule has 59 heavy (non-hydrogen) atoms. The average molecular weight is 836 g/mol. The number of fused-ring (bicyclic) bond motifs is 2. The van der Waals surface area contributed by atoms with Gasteiger partial charge in [0.15, 0.2) is 0 Å². The summed E-state index contributed by atoms with van der Waals surface area (Å²) in [6.07, 6.45) is 12.1. The number of aryl methyl sites for hydroxylation is 2. The summed E-state index contributed by atoms with van der Waals surface area (Å²) in [6.45, 7) is 7.41. The summed E-state index contributed by atoms with van der Waals surface area (Å²) in [5.74, 6) is -0.751. The smallest absolute Gasteiger partial charge is 0.269 e. The van der Waals surface area contributed by atoms with Crippen LogP contribution in [0.5, 0.6) is 0 Å². The van der Waals surface area contributed by atoms with Crippen molar-refractivity contribution in [1.29, 1.82) is 0 Å². The Kier molecular flexibility index (Phi) is 17.5. The van der Waals surface area contributed by atoms with Crippen LogP contribution in [0.25, 0.3) is 22.1 Å². The third kappa shape index (κ3) is 13.5. The number of H-pyrrole nitrogens is 2. The largest absolute Gasteiger partial charge is 0.346 e. The van der Waals surface area contributed by atoms with Crippen LogP contribution in [-0.2, 0) is 35.5 Å². The van der Waals surface area contributed by atoms with Crippen molar-refractivity contribution >= 4 is 91.1 Å². The fourth-order valence-corrected chi connectivity index (χ4v) is 5.83. The maximum Gasteiger partial charge on any atom is 0.269 e. The Labute approximate surface area is 351 Å². The van der Waals surface area contributed by atoms with E-state index in [1.165, 1.54) is 49.4 Å². The number of pyridine rings is 2. The van der Waals surface area contributed by atoms with Crippen molar-refractivity contribution in [1.82, 2.24) is 19.9 Å². The van der Waals surface area contributed by atoms with E-state index in [1.807, 2.05) is 36.7 Å². The number of nitrogens with one attached hydrogen (secondary N) is 4. The van der Waals surface area contributed by atoms with Gasteiger partial charge >= 0.3 is 0 Å². The number of rotatable bonds is 15. The van der Waals surface area contributed by atoms with Crippen LogP contribution in [-0.4, -0.2) is 51.6 Å². The van der Waals surface area contributed by atoms with Crippen LogP contribution in [0.3, 0.4) is 0 Å². The molecule has 6 N–H and O–H groups in total. The number of carbonyl (C=O) groups is 2. The molecule has 0 unspecified atom stereocenters. The number of hydrogen-bond donors (Lipinski definition) is 5. The Morgan fingerprint density at radius 2 is 1.29 bits per heavy atom. The summed E-state index contributed by atoms with van der Waals surface area (Å²) < 4.78 is 5.75. The molecule has 0 spiro atoms. The van der Waals surface area contributed by atoms with Crippen LogP contribution in [0.1, 0.15) is 43.9 Å². The van der Waals surface area contributed by atoms with E-state index in [2.05, 4.69) is 66.1 Å². The van der Waals surface area contributed by atoms with E-state index in [4.69, 9.17) is 19.3 Å². The van der Waals surface area contributed by atoms with Crippen molar-refractivity contribution in [2.45, 2.75) is 46.2 Å². The van der Waals surface area contributed by atoms with Crippen LogP contribution < -0.4 is 16.4 Å². The van der Waals surface area contributed by atoms with Gasteiger partial charge in [0.25, 0.3) is 11.4 Å². The van der Waals surface area contributed by atoms with Crippen molar-refractivity contribution in [2.75, 3.05) is 10.6 Å². The lowest BCUT2D eigenvalue weighted by molar-refractivity contribution is -0.385. The van der Waals surface area contributed by atoms with E-state index in [1.54, 1.807) is 12.4 Å². The van der Waals surface area contributed by atoms with Gasteiger partial charge in [0.1, 0.15) is 11.3 Å². The Hall–Kier alpha value is -7.11. The van der Waals surface area contributed by atoms with Gasteiger partial charge in [-0.05, 0) is 114 Å². The third-order valence-corrected chi connectivity index (χ3v) is 9.00. The molecule has 0 bridgehead atoms. The normalized spacial score (nSPS) is 10.1. The molecule has 4 aromatic heterocycles. The van der Waals surface area contributed by atoms with E-state index in [0.717, 1.165) is 57.5 Å². The first-order chi connectivity index (χ1) is 29.0. The highest BCUT2D eigenvalue weighted by Gasteiger charge is 2.14. The molecule has 0 aliphatic carbocycles. The number of aromatic nitrogens is 4. The van der Waals surface area contributed by atoms with Gasteiger partial charge in [-0.1, -0.05) is 32.8 Å². The fourth-order valence-electron chi connectivity index (χ4n) is 5.56. The monoisotopic (exact) mass is 835 g/mol. The third-order valence-electron chi connectivity index (χ3n) is 8.47. The van der Waals surface area contributed by atoms with Crippen molar-refractivity contribution in [2.24, 2.45) is 10.7 Å². The maximum absolute atomic E-state index is 11.6. The first kappa shape index (κ1) is 44.6. The maximum atomic E-state index is 11.6. The molecule has 6 rings (SSSR count). The van der Waals surface area contributed by atoms with Crippen LogP contribution in [0, 0.1) is 20.2 Å². The van der Waals surface area contributed by atoms with Crippen LogP contribution in [0.4, 0.5) is 22.7 Å². The zero-order chi connectivity index (χ0) is 44.0. The highest BCUT2D eigenvalue weighted by molar-refractivity contribution is 7.80. The van der Waals surface area contributed by atoms with Crippen molar-refractivity contribution in [3.63, 3.8) is 0 Å². The van der Waals surface area contributed by atoms with E-state index >= 15 is 0 Å². The van der Waals surface area contributed by atoms with Crippen molar-refractivity contribution < 1.29 is 20.8 Å². The number of benzene rings is 2. The molecule has 0 radical (unpaired) electrons. The zero-order valence-electron chi connectivity index (χ0n) is 33.0. The number of amides is 2.